The van der Waals surface area contributed by atoms with Crippen LogP contribution in [0.3, 0.4) is 0 Å². The van der Waals surface area contributed by atoms with Gasteiger partial charge < -0.3 is 4.52 Å². The lowest BCUT2D eigenvalue weighted by molar-refractivity contribution is 0.112. The summed E-state index contributed by atoms with van der Waals surface area (Å²) in [4.78, 5) is 10.4. The molecule has 0 fully saturated rings. The van der Waals surface area contributed by atoms with Gasteiger partial charge in [0.1, 0.15) is 12.0 Å². The van der Waals surface area contributed by atoms with Crippen LogP contribution in [0.25, 0.3) is 0 Å². The molecular weight excluding hydrogens is 247 g/mol. The quantitative estimate of drug-likeness (QED) is 0.579. The van der Waals surface area contributed by atoms with Crippen LogP contribution in [0, 0.1) is 0 Å². The fourth-order valence-electron chi connectivity index (χ4n) is 1.01. The molecule has 0 aliphatic rings. The maximum Gasteiger partial charge on any atom is 0.439 e. The first-order valence-corrected chi connectivity index (χ1v) is 7.82. The van der Waals surface area contributed by atoms with E-state index in [0.717, 1.165) is 17.7 Å². The molecule has 0 radical (unpaired) electrons. The Bertz CT molecular complexity index is 390. The van der Waals surface area contributed by atoms with Gasteiger partial charge in [-0.2, -0.15) is 0 Å². The van der Waals surface area contributed by atoms with Crippen LogP contribution in [-0.4, -0.2) is 19.1 Å². The van der Waals surface area contributed by atoms with Gasteiger partial charge >= 0.3 is 6.80 Å². The van der Waals surface area contributed by atoms with Crippen LogP contribution in [0.2, 0.25) is 0 Å². The summed E-state index contributed by atoms with van der Waals surface area (Å²) in [5.41, 5.74) is 0.544. The van der Waals surface area contributed by atoms with Gasteiger partial charge in [-0.3, -0.25) is 9.32 Å². The van der Waals surface area contributed by atoms with Gasteiger partial charge in [0.15, 0.2) is 0 Å². The molecule has 0 saturated carbocycles. The van der Waals surface area contributed by atoms with Crippen molar-refractivity contribution in [3.05, 3.63) is 29.8 Å². The van der Waals surface area contributed by atoms with E-state index in [9.17, 15) is 9.36 Å². The second kappa shape index (κ2) is 6.09. The number of hydrogen-bond donors (Lipinski definition) is 0. The highest BCUT2D eigenvalue weighted by molar-refractivity contribution is 8.55. The van der Waals surface area contributed by atoms with Crippen molar-refractivity contribution in [3.63, 3.8) is 0 Å². The molecule has 1 aromatic carbocycles. The van der Waals surface area contributed by atoms with E-state index in [1.165, 1.54) is 7.11 Å². The van der Waals surface area contributed by atoms with Gasteiger partial charge in [-0.15, -0.1) is 0 Å². The van der Waals surface area contributed by atoms with E-state index in [1.54, 1.807) is 24.3 Å². The topological polar surface area (TPSA) is 52.6 Å². The van der Waals surface area contributed by atoms with Crippen LogP contribution >= 0.6 is 18.2 Å². The molecule has 0 aliphatic carbocycles. The van der Waals surface area contributed by atoms with Gasteiger partial charge in [-0.25, -0.2) is 4.57 Å². The highest BCUT2D eigenvalue weighted by atomic mass is 32.7. The number of hydrogen-bond acceptors (Lipinski definition) is 5. The Balaban J connectivity index is 2.78. The second-order valence-corrected chi connectivity index (χ2v) is 7.22. The number of aldehydes is 1. The zero-order valence-corrected chi connectivity index (χ0v) is 10.8. The van der Waals surface area contributed by atoms with Gasteiger partial charge in [0, 0.05) is 18.4 Å². The van der Waals surface area contributed by atoms with E-state index in [2.05, 4.69) is 0 Å². The van der Waals surface area contributed by atoms with E-state index in [-0.39, 0.29) is 0 Å². The molecule has 6 heteroatoms. The molecule has 1 aromatic rings. The highest BCUT2D eigenvalue weighted by Crippen LogP contribution is 2.59. The third-order valence-corrected chi connectivity index (χ3v) is 5.59. The van der Waals surface area contributed by atoms with Gasteiger partial charge in [-0.05, 0) is 35.6 Å². The van der Waals surface area contributed by atoms with E-state index >= 15 is 0 Å². The number of rotatable bonds is 6. The minimum atomic E-state index is -3.12. The van der Waals surface area contributed by atoms with Gasteiger partial charge in [0.05, 0.1) is 0 Å². The van der Waals surface area contributed by atoms with Gasteiger partial charge in [0.2, 0.25) is 0 Å². The molecule has 0 aromatic heterocycles. The predicted octanol–water partition coefficient (Wildman–Crippen LogP) is 3.39. The van der Waals surface area contributed by atoms with Crippen LogP contribution in [0.5, 0.6) is 5.75 Å². The van der Waals surface area contributed by atoms with E-state index in [0.29, 0.717) is 17.1 Å². The predicted molar refractivity (Wildman–Crippen MR) is 65.2 cm³/mol. The summed E-state index contributed by atoms with van der Waals surface area (Å²) in [7, 11) is 1.35. The Kier molecular flexibility index (Phi) is 5.06. The minimum Gasteiger partial charge on any atom is -0.417 e. The molecular formula is C10H13O4PS. The third kappa shape index (κ3) is 3.67. The average molecular weight is 260 g/mol. The standard InChI is InChI=1S/C10H13O4PS/c1-3-16-15(12,13-2)14-10-6-4-9(8-11)5-7-10/h4-8H,3H2,1-2H3. The summed E-state index contributed by atoms with van der Waals surface area (Å²) in [5, 5.41) is 0. The maximum atomic E-state index is 12.0. The SMILES string of the molecule is CCSP(=O)(OC)Oc1ccc(C=O)cc1. The largest absolute Gasteiger partial charge is 0.439 e. The molecule has 0 saturated heterocycles. The molecule has 4 nitrogen and oxygen atoms in total. The Morgan fingerprint density at radius 2 is 2.00 bits per heavy atom. The van der Waals surface area contributed by atoms with Crippen LogP contribution < -0.4 is 4.52 Å². The molecule has 0 N–H and O–H groups in total. The van der Waals surface area contributed by atoms with Crippen molar-refractivity contribution < 1.29 is 18.4 Å². The first kappa shape index (κ1) is 13.3. The Morgan fingerprint density at radius 1 is 1.38 bits per heavy atom. The Hall–Kier alpha value is -0.770. The first-order chi connectivity index (χ1) is 7.63. The lowest BCUT2D eigenvalue weighted by Crippen LogP contribution is -1.92. The molecule has 1 rings (SSSR count). The van der Waals surface area contributed by atoms with Crippen molar-refractivity contribution in [2.24, 2.45) is 0 Å². The molecule has 1 unspecified atom stereocenters. The highest BCUT2D eigenvalue weighted by Gasteiger charge is 2.24. The lowest BCUT2D eigenvalue weighted by atomic mass is 10.2. The van der Waals surface area contributed by atoms with E-state index in [4.69, 9.17) is 9.05 Å². The zero-order chi connectivity index (χ0) is 12.0. The molecule has 0 aliphatic heterocycles. The molecule has 88 valence electrons. The first-order valence-electron chi connectivity index (χ1n) is 4.68. The van der Waals surface area contributed by atoms with Crippen molar-refractivity contribution in [2.45, 2.75) is 6.92 Å². The number of carbonyl (C=O) groups excluding carboxylic acids is 1. The van der Waals surface area contributed by atoms with Gasteiger partial charge in [0.25, 0.3) is 0 Å². The fraction of sp³-hybridized carbons (Fsp3) is 0.300. The monoisotopic (exact) mass is 260 g/mol. The van der Waals surface area contributed by atoms with Crippen molar-refractivity contribution in [3.8, 4) is 5.75 Å². The van der Waals surface area contributed by atoms with Gasteiger partial charge in [-0.1, -0.05) is 6.92 Å². The van der Waals surface area contributed by atoms with Crippen molar-refractivity contribution in [1.82, 2.24) is 0 Å². The van der Waals surface area contributed by atoms with Crippen molar-refractivity contribution >= 4 is 24.5 Å². The minimum absolute atomic E-state index is 0.428. The fourth-order valence-corrected chi connectivity index (χ4v) is 3.62. The third-order valence-electron chi connectivity index (χ3n) is 1.74. The molecule has 0 heterocycles. The number of carbonyl (C=O) groups is 1. The Morgan fingerprint density at radius 3 is 2.44 bits per heavy atom. The zero-order valence-electron chi connectivity index (χ0n) is 9.08. The van der Waals surface area contributed by atoms with Crippen LogP contribution in [0.4, 0.5) is 0 Å². The van der Waals surface area contributed by atoms with Crippen LogP contribution in [0.1, 0.15) is 17.3 Å². The maximum absolute atomic E-state index is 12.0. The van der Waals surface area contributed by atoms with Crippen LogP contribution in [-0.2, 0) is 9.09 Å². The molecule has 0 amide bonds. The van der Waals surface area contributed by atoms with Crippen LogP contribution in [0.15, 0.2) is 24.3 Å². The summed E-state index contributed by atoms with van der Waals surface area (Å²) in [6.07, 6.45) is 0.737. The lowest BCUT2D eigenvalue weighted by Gasteiger charge is -2.15. The molecule has 16 heavy (non-hydrogen) atoms. The Labute approximate surface area is 98.6 Å². The summed E-state index contributed by atoms with van der Waals surface area (Å²) >= 11 is 1.13. The second-order valence-electron chi connectivity index (χ2n) is 2.83. The normalized spacial score (nSPS) is 14.1. The average Bonchev–Trinajstić information content (AvgIpc) is 2.30. The molecule has 1 atom stereocenters. The summed E-state index contributed by atoms with van der Waals surface area (Å²) < 4.78 is 22.1. The van der Waals surface area contributed by atoms with Crippen molar-refractivity contribution in [2.75, 3.05) is 12.9 Å². The number of benzene rings is 1. The summed E-state index contributed by atoms with van der Waals surface area (Å²) in [5.74, 6) is 1.06. The summed E-state index contributed by atoms with van der Waals surface area (Å²) in [6.45, 7) is -1.25. The van der Waals surface area contributed by atoms with E-state index in [1.807, 2.05) is 6.92 Å². The summed E-state index contributed by atoms with van der Waals surface area (Å²) in [6, 6.07) is 6.37. The smallest absolute Gasteiger partial charge is 0.417 e. The molecule has 0 spiro atoms. The van der Waals surface area contributed by atoms with Crippen molar-refractivity contribution in [1.29, 1.82) is 0 Å². The van der Waals surface area contributed by atoms with E-state index < -0.39 is 6.80 Å². The molecule has 0 bridgehead atoms.